The summed E-state index contributed by atoms with van der Waals surface area (Å²) in [4.78, 5) is 4.49. The van der Waals surface area contributed by atoms with E-state index in [1.54, 1.807) is 0 Å². The molecule has 0 aliphatic carbocycles. The molecule has 0 atom stereocenters. The van der Waals surface area contributed by atoms with Crippen LogP contribution in [0.2, 0.25) is 5.02 Å². The summed E-state index contributed by atoms with van der Waals surface area (Å²) in [6, 6.07) is 17.8. The van der Waals surface area contributed by atoms with Crippen LogP contribution < -0.4 is 5.32 Å². The fourth-order valence-corrected chi connectivity index (χ4v) is 2.64. The number of hydrogen-bond donors (Lipinski definition) is 1. The highest BCUT2D eigenvalue weighted by molar-refractivity contribution is 6.36. The highest BCUT2D eigenvalue weighted by Gasteiger charge is 2.12. The van der Waals surface area contributed by atoms with Crippen molar-refractivity contribution in [3.8, 4) is 0 Å². The van der Waals surface area contributed by atoms with Gasteiger partial charge in [-0.25, -0.2) is 4.98 Å². The second-order valence-electron chi connectivity index (χ2n) is 4.39. The first-order valence-corrected chi connectivity index (χ1v) is 7.16. The lowest BCUT2D eigenvalue weighted by Crippen LogP contribution is -1.98. The molecule has 0 radical (unpaired) electrons. The van der Waals surface area contributed by atoms with Gasteiger partial charge in [0.25, 0.3) is 0 Å². The number of nitrogens with one attached hydrogen (secondary N) is 1. The fraction of sp³-hybridized carbons (Fsp3) is 0.0625. The van der Waals surface area contributed by atoms with Crippen LogP contribution in [0.1, 0.15) is 5.69 Å². The molecule has 0 saturated carbocycles. The quantitative estimate of drug-likeness (QED) is 0.658. The molecule has 0 spiro atoms. The Kier molecular flexibility index (Phi) is 3.77. The average molecular weight is 303 g/mol. The standard InChI is InChI=1S/C16H12Cl2N2/c17-10-14-15(18)16(19-11-6-2-1-3-7-11)12-8-4-5-9-13(12)20-14/h1-9H,10H2,(H,19,20). The van der Waals surface area contributed by atoms with Crippen molar-refractivity contribution in [1.29, 1.82) is 0 Å². The predicted molar refractivity (Wildman–Crippen MR) is 86.0 cm³/mol. The van der Waals surface area contributed by atoms with Crippen molar-refractivity contribution < 1.29 is 0 Å². The van der Waals surface area contributed by atoms with Crippen molar-refractivity contribution in [2.75, 3.05) is 5.32 Å². The molecule has 0 unspecified atom stereocenters. The first-order valence-electron chi connectivity index (χ1n) is 6.25. The van der Waals surface area contributed by atoms with Gasteiger partial charge in [0, 0.05) is 11.1 Å². The number of para-hydroxylation sites is 2. The van der Waals surface area contributed by atoms with Crippen LogP contribution in [0.4, 0.5) is 11.4 Å². The van der Waals surface area contributed by atoms with E-state index in [9.17, 15) is 0 Å². The summed E-state index contributed by atoms with van der Waals surface area (Å²) >= 11 is 12.4. The molecule has 3 aromatic rings. The van der Waals surface area contributed by atoms with Crippen LogP contribution >= 0.6 is 23.2 Å². The average Bonchev–Trinajstić information content (AvgIpc) is 2.51. The zero-order valence-electron chi connectivity index (χ0n) is 10.6. The largest absolute Gasteiger partial charge is 0.354 e. The molecular weight excluding hydrogens is 291 g/mol. The van der Waals surface area contributed by atoms with Crippen LogP contribution in [0.3, 0.4) is 0 Å². The highest BCUT2D eigenvalue weighted by Crippen LogP contribution is 2.35. The third-order valence-electron chi connectivity index (χ3n) is 3.07. The van der Waals surface area contributed by atoms with Gasteiger partial charge in [0.2, 0.25) is 0 Å². The third-order valence-corrected chi connectivity index (χ3v) is 3.73. The molecule has 20 heavy (non-hydrogen) atoms. The first kappa shape index (κ1) is 13.2. The molecule has 2 nitrogen and oxygen atoms in total. The van der Waals surface area contributed by atoms with E-state index in [1.807, 2.05) is 54.6 Å². The number of rotatable bonds is 3. The first-order chi connectivity index (χ1) is 9.79. The number of pyridine rings is 1. The van der Waals surface area contributed by atoms with Crippen molar-refractivity contribution in [2.45, 2.75) is 5.88 Å². The Labute approximate surface area is 127 Å². The van der Waals surface area contributed by atoms with Gasteiger partial charge in [-0.3, -0.25) is 0 Å². The normalized spacial score (nSPS) is 10.7. The van der Waals surface area contributed by atoms with E-state index >= 15 is 0 Å². The lowest BCUT2D eigenvalue weighted by atomic mass is 10.1. The van der Waals surface area contributed by atoms with E-state index in [0.29, 0.717) is 10.7 Å². The molecule has 0 bridgehead atoms. The Balaban J connectivity index is 2.19. The summed E-state index contributed by atoms with van der Waals surface area (Å²) < 4.78 is 0. The SMILES string of the molecule is ClCc1nc2ccccc2c(Nc2ccccc2)c1Cl. The summed E-state index contributed by atoms with van der Waals surface area (Å²) in [7, 11) is 0. The van der Waals surface area contributed by atoms with E-state index in [0.717, 1.165) is 22.3 Å². The predicted octanol–water partition coefficient (Wildman–Crippen LogP) is 5.37. The van der Waals surface area contributed by atoms with Crippen LogP contribution in [-0.2, 0) is 5.88 Å². The molecule has 1 aromatic heterocycles. The second kappa shape index (κ2) is 5.70. The molecule has 100 valence electrons. The maximum atomic E-state index is 6.43. The smallest absolute Gasteiger partial charge is 0.0875 e. The third kappa shape index (κ3) is 2.45. The minimum atomic E-state index is 0.285. The second-order valence-corrected chi connectivity index (χ2v) is 5.03. The molecule has 1 heterocycles. The van der Waals surface area contributed by atoms with Crippen LogP contribution in [0.15, 0.2) is 54.6 Å². The molecule has 3 rings (SSSR count). The maximum Gasteiger partial charge on any atom is 0.0875 e. The molecule has 1 N–H and O–H groups in total. The Bertz CT molecular complexity index is 742. The summed E-state index contributed by atoms with van der Waals surface area (Å²) in [6.45, 7) is 0. The molecule has 0 amide bonds. The van der Waals surface area contributed by atoms with Crippen molar-refractivity contribution >= 4 is 45.5 Å². The fourth-order valence-electron chi connectivity index (χ4n) is 2.12. The number of fused-ring (bicyclic) bond motifs is 1. The number of aromatic nitrogens is 1. The Morgan fingerprint density at radius 1 is 0.950 bits per heavy atom. The molecule has 0 fully saturated rings. The zero-order valence-corrected chi connectivity index (χ0v) is 12.1. The maximum absolute atomic E-state index is 6.43. The minimum Gasteiger partial charge on any atom is -0.354 e. The molecular formula is C16H12Cl2N2. The Morgan fingerprint density at radius 2 is 1.65 bits per heavy atom. The molecule has 0 saturated heterocycles. The van der Waals surface area contributed by atoms with Crippen LogP contribution in [0.5, 0.6) is 0 Å². The van der Waals surface area contributed by atoms with Crippen molar-refractivity contribution in [3.05, 3.63) is 65.3 Å². The van der Waals surface area contributed by atoms with Gasteiger partial charge in [-0.05, 0) is 18.2 Å². The van der Waals surface area contributed by atoms with Crippen molar-refractivity contribution in [2.24, 2.45) is 0 Å². The minimum absolute atomic E-state index is 0.285. The summed E-state index contributed by atoms with van der Waals surface area (Å²) in [6.07, 6.45) is 0. The lowest BCUT2D eigenvalue weighted by molar-refractivity contribution is 1.22. The monoisotopic (exact) mass is 302 g/mol. The van der Waals surface area contributed by atoms with Crippen LogP contribution in [-0.4, -0.2) is 4.98 Å². The summed E-state index contributed by atoms with van der Waals surface area (Å²) in [5, 5.41) is 4.91. The Hall–Kier alpha value is -1.77. The van der Waals surface area contributed by atoms with Crippen LogP contribution in [0.25, 0.3) is 10.9 Å². The molecule has 2 aromatic carbocycles. The number of alkyl halides is 1. The van der Waals surface area contributed by atoms with E-state index in [-0.39, 0.29) is 5.88 Å². The summed E-state index contributed by atoms with van der Waals surface area (Å²) in [5.41, 5.74) is 3.39. The van der Waals surface area contributed by atoms with Gasteiger partial charge in [-0.2, -0.15) is 0 Å². The van der Waals surface area contributed by atoms with Gasteiger partial charge in [-0.1, -0.05) is 48.0 Å². The number of benzene rings is 2. The van der Waals surface area contributed by atoms with Gasteiger partial charge in [0.05, 0.1) is 27.8 Å². The van der Waals surface area contributed by atoms with E-state index in [1.165, 1.54) is 0 Å². The van der Waals surface area contributed by atoms with E-state index in [2.05, 4.69) is 10.3 Å². The van der Waals surface area contributed by atoms with E-state index < -0.39 is 0 Å². The van der Waals surface area contributed by atoms with Gasteiger partial charge in [0.1, 0.15) is 0 Å². The number of hydrogen-bond acceptors (Lipinski definition) is 2. The van der Waals surface area contributed by atoms with Crippen molar-refractivity contribution in [1.82, 2.24) is 4.98 Å². The van der Waals surface area contributed by atoms with Crippen LogP contribution in [0, 0.1) is 0 Å². The number of anilines is 2. The van der Waals surface area contributed by atoms with E-state index in [4.69, 9.17) is 23.2 Å². The van der Waals surface area contributed by atoms with Gasteiger partial charge in [-0.15, -0.1) is 11.6 Å². The molecule has 4 heteroatoms. The van der Waals surface area contributed by atoms with Crippen molar-refractivity contribution in [3.63, 3.8) is 0 Å². The zero-order chi connectivity index (χ0) is 13.9. The topological polar surface area (TPSA) is 24.9 Å². The number of nitrogens with zero attached hydrogens (tertiary/aromatic N) is 1. The Morgan fingerprint density at radius 3 is 2.40 bits per heavy atom. The highest BCUT2D eigenvalue weighted by atomic mass is 35.5. The lowest BCUT2D eigenvalue weighted by Gasteiger charge is -2.14. The molecule has 0 aliphatic heterocycles. The van der Waals surface area contributed by atoms with Gasteiger partial charge in [0.15, 0.2) is 0 Å². The van der Waals surface area contributed by atoms with Gasteiger partial charge < -0.3 is 5.32 Å². The molecule has 0 aliphatic rings. The van der Waals surface area contributed by atoms with Gasteiger partial charge >= 0.3 is 0 Å². The number of halogens is 2. The summed E-state index contributed by atoms with van der Waals surface area (Å²) in [5.74, 6) is 0.285.